The van der Waals surface area contributed by atoms with Gasteiger partial charge in [0.15, 0.2) is 0 Å². The van der Waals surface area contributed by atoms with Crippen LogP contribution in [0.1, 0.15) is 10.4 Å². The first kappa shape index (κ1) is 10.1. The van der Waals surface area contributed by atoms with E-state index in [1.807, 2.05) is 0 Å². The summed E-state index contributed by atoms with van der Waals surface area (Å²) in [7, 11) is 0. The lowest BCUT2D eigenvalue weighted by Gasteiger charge is -2.01. The van der Waals surface area contributed by atoms with E-state index in [1.54, 1.807) is 5.32 Å². The smallest absolute Gasteiger partial charge is 0.319 e. The summed E-state index contributed by atoms with van der Waals surface area (Å²) >= 11 is 0. The maximum atomic E-state index is 12.9. The third-order valence-corrected chi connectivity index (χ3v) is 1.41. The molecular formula is C8H6F2N2O2. The van der Waals surface area contributed by atoms with Crippen LogP contribution < -0.4 is 11.1 Å². The Labute approximate surface area is 77.7 Å². The Morgan fingerprint density at radius 3 is 2.43 bits per heavy atom. The number of nitrogens with one attached hydrogen (secondary N) is 1. The first-order valence-electron chi connectivity index (χ1n) is 3.56. The zero-order chi connectivity index (χ0) is 10.7. The van der Waals surface area contributed by atoms with E-state index >= 15 is 0 Å². The highest BCUT2D eigenvalue weighted by Crippen LogP contribution is 2.08. The molecule has 14 heavy (non-hydrogen) atoms. The molecule has 3 amide bonds. The Balaban J connectivity index is 2.96. The van der Waals surface area contributed by atoms with Gasteiger partial charge in [0.25, 0.3) is 5.91 Å². The third kappa shape index (κ3) is 2.25. The largest absolute Gasteiger partial charge is 0.351 e. The molecule has 0 unspecified atom stereocenters. The number of benzene rings is 1. The van der Waals surface area contributed by atoms with Gasteiger partial charge in [0.2, 0.25) is 0 Å². The molecule has 6 heteroatoms. The van der Waals surface area contributed by atoms with Crippen LogP contribution >= 0.6 is 0 Å². The molecule has 1 rings (SSSR count). The number of carbonyl (C=O) groups is 2. The monoisotopic (exact) mass is 200 g/mol. The van der Waals surface area contributed by atoms with Gasteiger partial charge in [0, 0.05) is 6.07 Å². The lowest BCUT2D eigenvalue weighted by atomic mass is 10.2. The molecule has 3 N–H and O–H groups in total. The summed E-state index contributed by atoms with van der Waals surface area (Å²) in [5.41, 5.74) is 4.20. The summed E-state index contributed by atoms with van der Waals surface area (Å²) in [5, 5.41) is 1.66. The SMILES string of the molecule is NC(=O)NC(=O)c1ccc(F)cc1F. The Morgan fingerprint density at radius 2 is 1.93 bits per heavy atom. The van der Waals surface area contributed by atoms with E-state index in [0.717, 1.165) is 12.1 Å². The highest BCUT2D eigenvalue weighted by atomic mass is 19.1. The minimum absolute atomic E-state index is 0.440. The molecule has 1 aromatic carbocycles. The minimum atomic E-state index is -1.10. The molecule has 0 aliphatic rings. The lowest BCUT2D eigenvalue weighted by molar-refractivity contribution is 0.0962. The highest BCUT2D eigenvalue weighted by Gasteiger charge is 2.13. The zero-order valence-electron chi connectivity index (χ0n) is 6.88. The number of carbonyl (C=O) groups excluding carboxylic acids is 2. The van der Waals surface area contributed by atoms with Gasteiger partial charge in [-0.15, -0.1) is 0 Å². The van der Waals surface area contributed by atoms with Gasteiger partial charge in [-0.1, -0.05) is 0 Å². The summed E-state index contributed by atoms with van der Waals surface area (Å²) in [6.07, 6.45) is 0. The van der Waals surface area contributed by atoms with Gasteiger partial charge >= 0.3 is 6.03 Å². The lowest BCUT2D eigenvalue weighted by Crippen LogP contribution is -2.35. The molecule has 0 aromatic heterocycles. The van der Waals surface area contributed by atoms with Gasteiger partial charge in [-0.05, 0) is 12.1 Å². The molecule has 1 aromatic rings. The first-order valence-corrected chi connectivity index (χ1v) is 3.56. The summed E-state index contributed by atoms with van der Waals surface area (Å²) in [6, 6.07) is 1.26. The molecule has 4 nitrogen and oxygen atoms in total. The Hall–Kier alpha value is -1.98. The summed E-state index contributed by atoms with van der Waals surface area (Å²) in [4.78, 5) is 21.3. The van der Waals surface area contributed by atoms with Crippen molar-refractivity contribution in [1.29, 1.82) is 0 Å². The second kappa shape index (κ2) is 3.82. The maximum Gasteiger partial charge on any atom is 0.319 e. The van der Waals surface area contributed by atoms with E-state index in [-0.39, 0.29) is 0 Å². The van der Waals surface area contributed by atoms with Crippen molar-refractivity contribution >= 4 is 11.9 Å². The molecule has 74 valence electrons. The van der Waals surface area contributed by atoms with Gasteiger partial charge in [-0.2, -0.15) is 0 Å². The fraction of sp³-hybridized carbons (Fsp3) is 0. The van der Waals surface area contributed by atoms with Crippen molar-refractivity contribution in [3.63, 3.8) is 0 Å². The second-order valence-electron chi connectivity index (χ2n) is 2.44. The number of primary amides is 1. The molecule has 0 saturated heterocycles. The maximum absolute atomic E-state index is 12.9. The Bertz CT molecular complexity index is 393. The second-order valence-corrected chi connectivity index (χ2v) is 2.44. The molecule has 0 aliphatic carbocycles. The van der Waals surface area contributed by atoms with E-state index in [4.69, 9.17) is 0 Å². The van der Waals surface area contributed by atoms with Crippen molar-refractivity contribution in [2.45, 2.75) is 0 Å². The first-order chi connectivity index (χ1) is 6.50. The molecule has 0 bridgehead atoms. The average molecular weight is 200 g/mol. The van der Waals surface area contributed by atoms with Crippen molar-refractivity contribution < 1.29 is 18.4 Å². The predicted molar refractivity (Wildman–Crippen MR) is 43.4 cm³/mol. The van der Waals surface area contributed by atoms with Gasteiger partial charge in [-0.25, -0.2) is 13.6 Å². The molecule has 0 radical (unpaired) electrons. The van der Waals surface area contributed by atoms with Crippen LogP contribution in [0.5, 0.6) is 0 Å². The van der Waals surface area contributed by atoms with Crippen molar-refractivity contribution in [3.05, 3.63) is 35.4 Å². The van der Waals surface area contributed by atoms with Crippen LogP contribution in [0.25, 0.3) is 0 Å². The number of amides is 3. The Kier molecular flexibility index (Phi) is 2.76. The van der Waals surface area contributed by atoms with E-state index in [9.17, 15) is 18.4 Å². The predicted octanol–water partition coefficient (Wildman–Crippen LogP) is 0.773. The van der Waals surface area contributed by atoms with Crippen molar-refractivity contribution in [2.75, 3.05) is 0 Å². The quantitative estimate of drug-likeness (QED) is 0.702. The number of rotatable bonds is 1. The molecular weight excluding hydrogens is 194 g/mol. The van der Waals surface area contributed by atoms with E-state index < -0.39 is 29.1 Å². The standard InChI is InChI=1S/C8H6F2N2O2/c9-4-1-2-5(6(10)3-4)7(13)12-8(11)14/h1-3H,(H3,11,12,13,14). The number of hydrogen-bond acceptors (Lipinski definition) is 2. The molecule has 0 aliphatic heterocycles. The topological polar surface area (TPSA) is 72.2 Å². The Morgan fingerprint density at radius 1 is 1.29 bits per heavy atom. The number of urea groups is 1. The summed E-state index contributed by atoms with van der Waals surface area (Å²) < 4.78 is 25.3. The van der Waals surface area contributed by atoms with Crippen LogP contribution in [0.2, 0.25) is 0 Å². The van der Waals surface area contributed by atoms with Gasteiger partial charge in [0.05, 0.1) is 5.56 Å². The van der Waals surface area contributed by atoms with Crippen molar-refractivity contribution in [1.82, 2.24) is 5.32 Å². The zero-order valence-corrected chi connectivity index (χ0v) is 6.88. The summed E-state index contributed by atoms with van der Waals surface area (Å²) in [5.74, 6) is -2.86. The molecule has 0 saturated carbocycles. The third-order valence-electron chi connectivity index (χ3n) is 1.41. The minimum Gasteiger partial charge on any atom is -0.351 e. The van der Waals surface area contributed by atoms with Gasteiger partial charge in [-0.3, -0.25) is 10.1 Å². The fourth-order valence-corrected chi connectivity index (χ4v) is 0.853. The van der Waals surface area contributed by atoms with Crippen LogP contribution in [0.15, 0.2) is 18.2 Å². The molecule has 0 fully saturated rings. The number of imide groups is 1. The van der Waals surface area contributed by atoms with E-state index in [2.05, 4.69) is 5.73 Å². The fourth-order valence-electron chi connectivity index (χ4n) is 0.853. The highest BCUT2D eigenvalue weighted by molar-refractivity contribution is 6.03. The van der Waals surface area contributed by atoms with Crippen molar-refractivity contribution in [2.24, 2.45) is 5.73 Å². The van der Waals surface area contributed by atoms with Crippen LogP contribution in [0.3, 0.4) is 0 Å². The average Bonchev–Trinajstić information content (AvgIpc) is 2.01. The normalized spacial score (nSPS) is 9.57. The van der Waals surface area contributed by atoms with Crippen LogP contribution in [0.4, 0.5) is 13.6 Å². The van der Waals surface area contributed by atoms with Crippen LogP contribution in [-0.4, -0.2) is 11.9 Å². The van der Waals surface area contributed by atoms with Gasteiger partial charge in [0.1, 0.15) is 11.6 Å². The van der Waals surface area contributed by atoms with Crippen LogP contribution in [-0.2, 0) is 0 Å². The number of halogens is 2. The van der Waals surface area contributed by atoms with E-state index in [0.29, 0.717) is 6.07 Å². The molecule has 0 heterocycles. The molecule has 0 atom stereocenters. The number of nitrogens with two attached hydrogens (primary N) is 1. The van der Waals surface area contributed by atoms with E-state index in [1.165, 1.54) is 0 Å². The molecule has 0 spiro atoms. The van der Waals surface area contributed by atoms with Gasteiger partial charge < -0.3 is 5.73 Å². The van der Waals surface area contributed by atoms with Crippen molar-refractivity contribution in [3.8, 4) is 0 Å². The number of hydrogen-bond donors (Lipinski definition) is 2. The van der Waals surface area contributed by atoms with Crippen LogP contribution in [0, 0.1) is 11.6 Å². The summed E-state index contributed by atoms with van der Waals surface area (Å²) in [6.45, 7) is 0.